The molecule has 21 heavy (non-hydrogen) atoms. The van der Waals surface area contributed by atoms with Crippen LogP contribution in [0, 0.1) is 5.92 Å². The maximum absolute atomic E-state index is 12.4. The van der Waals surface area contributed by atoms with Crippen molar-refractivity contribution < 1.29 is 13.2 Å². The van der Waals surface area contributed by atoms with Crippen molar-refractivity contribution in [3.63, 3.8) is 0 Å². The van der Waals surface area contributed by atoms with Crippen LogP contribution in [0.15, 0.2) is 29.2 Å². The molecule has 1 fully saturated rings. The predicted octanol–water partition coefficient (Wildman–Crippen LogP) is 1.23. The number of sulfone groups is 1. The zero-order chi connectivity index (χ0) is 15.6. The lowest BCUT2D eigenvalue weighted by Crippen LogP contribution is -2.41. The molecule has 5 nitrogen and oxygen atoms in total. The van der Waals surface area contributed by atoms with Gasteiger partial charge < -0.3 is 10.6 Å². The van der Waals surface area contributed by atoms with Gasteiger partial charge in [0.25, 0.3) is 5.91 Å². The molecule has 1 saturated heterocycles. The quantitative estimate of drug-likeness (QED) is 0.845. The molecule has 0 radical (unpaired) electrons. The lowest BCUT2D eigenvalue weighted by molar-refractivity contribution is 0.0710. The van der Waals surface area contributed by atoms with Gasteiger partial charge >= 0.3 is 0 Å². The Hall–Kier alpha value is -1.47. The molecule has 1 aliphatic rings. The number of carbonyl (C=O) groups excluding carboxylic acids is 1. The molecule has 2 rings (SSSR count). The Morgan fingerprint density at radius 1 is 1.33 bits per heavy atom. The summed E-state index contributed by atoms with van der Waals surface area (Å²) in [4.78, 5) is 14.8. The second-order valence-corrected chi connectivity index (χ2v) is 7.76. The van der Waals surface area contributed by atoms with Gasteiger partial charge in [-0.05, 0) is 31.0 Å². The van der Waals surface area contributed by atoms with Gasteiger partial charge in [-0.3, -0.25) is 4.79 Å². The third kappa shape index (κ3) is 3.79. The third-order valence-corrected chi connectivity index (χ3v) is 5.14. The minimum Gasteiger partial charge on any atom is -0.393 e. The molecule has 0 atom stereocenters. The summed E-state index contributed by atoms with van der Waals surface area (Å²) in [6.45, 7) is 1.17. The number of nitrogens with two attached hydrogens (primary N) is 1. The summed E-state index contributed by atoms with van der Waals surface area (Å²) in [7, 11) is -3.31. The first-order valence-electron chi connectivity index (χ1n) is 6.68. The van der Waals surface area contributed by atoms with E-state index in [1.807, 2.05) is 0 Å². The second kappa shape index (κ2) is 6.11. The molecule has 1 aromatic carbocycles. The van der Waals surface area contributed by atoms with E-state index in [4.69, 9.17) is 18.0 Å². The van der Waals surface area contributed by atoms with Crippen molar-refractivity contribution in [2.75, 3.05) is 19.3 Å². The maximum atomic E-state index is 12.4. The Labute approximate surface area is 130 Å². The highest BCUT2D eigenvalue weighted by Gasteiger charge is 2.25. The number of carbonyl (C=O) groups is 1. The van der Waals surface area contributed by atoms with Crippen LogP contribution in [0.1, 0.15) is 23.2 Å². The van der Waals surface area contributed by atoms with E-state index in [1.165, 1.54) is 12.1 Å². The molecule has 0 spiro atoms. The van der Waals surface area contributed by atoms with E-state index in [-0.39, 0.29) is 16.7 Å². The van der Waals surface area contributed by atoms with Gasteiger partial charge in [-0.2, -0.15) is 0 Å². The summed E-state index contributed by atoms with van der Waals surface area (Å²) in [5.41, 5.74) is 6.02. The number of likely N-dealkylation sites (tertiary alicyclic amines) is 1. The van der Waals surface area contributed by atoms with Crippen molar-refractivity contribution in [2.45, 2.75) is 17.7 Å². The molecular weight excluding hydrogens is 308 g/mol. The van der Waals surface area contributed by atoms with Crippen molar-refractivity contribution in [3.05, 3.63) is 29.8 Å². The van der Waals surface area contributed by atoms with E-state index in [1.54, 1.807) is 17.0 Å². The zero-order valence-electron chi connectivity index (χ0n) is 11.8. The van der Waals surface area contributed by atoms with Crippen LogP contribution in [0.25, 0.3) is 0 Å². The van der Waals surface area contributed by atoms with E-state index in [2.05, 4.69) is 0 Å². The van der Waals surface area contributed by atoms with Gasteiger partial charge in [-0.25, -0.2) is 8.42 Å². The molecule has 1 heterocycles. The smallest absolute Gasteiger partial charge is 0.253 e. The number of amides is 1. The summed E-state index contributed by atoms with van der Waals surface area (Å²) in [6.07, 6.45) is 2.64. The fourth-order valence-corrected chi connectivity index (χ4v) is 3.31. The summed E-state index contributed by atoms with van der Waals surface area (Å²) in [6, 6.07) is 6.14. The molecule has 0 bridgehead atoms. The van der Waals surface area contributed by atoms with Crippen LogP contribution in [0.5, 0.6) is 0 Å². The number of thiocarbonyl (C=S) groups is 1. The molecule has 1 aromatic rings. The average molecular weight is 326 g/mol. The molecule has 0 unspecified atom stereocenters. The molecular formula is C14H18N2O3S2. The first-order chi connectivity index (χ1) is 9.79. The van der Waals surface area contributed by atoms with Gasteiger partial charge in [0.05, 0.1) is 9.88 Å². The SMILES string of the molecule is CS(=O)(=O)c1cccc(C(=O)N2CCC(C(N)=S)CC2)c1. The zero-order valence-corrected chi connectivity index (χ0v) is 13.4. The average Bonchev–Trinajstić information content (AvgIpc) is 2.46. The van der Waals surface area contributed by atoms with Crippen molar-refractivity contribution in [3.8, 4) is 0 Å². The molecule has 0 aromatic heterocycles. The standard InChI is InChI=1S/C14H18N2O3S2/c1-21(18,19)12-4-2-3-11(9-12)14(17)16-7-5-10(6-8-16)13(15)20/h2-4,9-10H,5-8H2,1H3,(H2,15,20). The number of hydrogen-bond acceptors (Lipinski definition) is 4. The first kappa shape index (κ1) is 15.9. The van der Waals surface area contributed by atoms with E-state index >= 15 is 0 Å². The summed E-state index contributed by atoms with van der Waals surface area (Å²) < 4.78 is 23.1. The molecule has 0 saturated carbocycles. The van der Waals surface area contributed by atoms with Gasteiger partial charge in [0.15, 0.2) is 9.84 Å². The first-order valence-corrected chi connectivity index (χ1v) is 8.97. The van der Waals surface area contributed by atoms with Crippen molar-refractivity contribution >= 4 is 33.0 Å². The minimum absolute atomic E-state index is 0.151. The van der Waals surface area contributed by atoms with Crippen LogP contribution in [-0.2, 0) is 9.84 Å². The Balaban J connectivity index is 2.13. The fourth-order valence-electron chi connectivity index (χ4n) is 2.41. The van der Waals surface area contributed by atoms with Gasteiger partial charge in [-0.15, -0.1) is 0 Å². The lowest BCUT2D eigenvalue weighted by atomic mass is 9.96. The molecule has 2 N–H and O–H groups in total. The number of benzene rings is 1. The van der Waals surface area contributed by atoms with Crippen molar-refractivity contribution in [2.24, 2.45) is 11.7 Å². The van der Waals surface area contributed by atoms with E-state index < -0.39 is 9.84 Å². The largest absolute Gasteiger partial charge is 0.393 e. The van der Waals surface area contributed by atoms with Crippen LogP contribution in [0.2, 0.25) is 0 Å². The fraction of sp³-hybridized carbons (Fsp3) is 0.429. The van der Waals surface area contributed by atoms with Crippen LogP contribution >= 0.6 is 12.2 Å². The summed E-state index contributed by atoms with van der Waals surface area (Å²) in [5.74, 6) is 0.0355. The Kier molecular flexibility index (Phi) is 4.63. The monoisotopic (exact) mass is 326 g/mol. The number of hydrogen-bond donors (Lipinski definition) is 1. The maximum Gasteiger partial charge on any atom is 0.253 e. The number of rotatable bonds is 3. The lowest BCUT2D eigenvalue weighted by Gasteiger charge is -2.31. The van der Waals surface area contributed by atoms with Gasteiger partial charge in [0.2, 0.25) is 0 Å². The van der Waals surface area contributed by atoms with E-state index in [0.29, 0.717) is 23.6 Å². The minimum atomic E-state index is -3.31. The molecule has 1 aliphatic heterocycles. The van der Waals surface area contributed by atoms with Gasteiger partial charge in [-0.1, -0.05) is 18.3 Å². The Bertz CT molecular complexity index is 663. The predicted molar refractivity (Wildman–Crippen MR) is 85.0 cm³/mol. The van der Waals surface area contributed by atoms with Gasteiger partial charge in [0.1, 0.15) is 0 Å². The highest BCUT2D eigenvalue weighted by atomic mass is 32.2. The summed E-state index contributed by atoms with van der Waals surface area (Å²) >= 11 is 4.98. The molecule has 114 valence electrons. The second-order valence-electron chi connectivity index (χ2n) is 5.27. The van der Waals surface area contributed by atoms with Crippen LogP contribution in [0.4, 0.5) is 0 Å². The third-order valence-electron chi connectivity index (χ3n) is 3.69. The topological polar surface area (TPSA) is 80.5 Å². The molecule has 1 amide bonds. The highest BCUT2D eigenvalue weighted by molar-refractivity contribution is 7.90. The summed E-state index contributed by atoms with van der Waals surface area (Å²) in [5, 5.41) is 0. The highest BCUT2D eigenvalue weighted by Crippen LogP contribution is 2.20. The van der Waals surface area contributed by atoms with E-state index in [9.17, 15) is 13.2 Å². The van der Waals surface area contributed by atoms with Crippen molar-refractivity contribution in [1.29, 1.82) is 0 Å². The van der Waals surface area contributed by atoms with Crippen LogP contribution < -0.4 is 5.73 Å². The van der Waals surface area contributed by atoms with Crippen molar-refractivity contribution in [1.82, 2.24) is 4.90 Å². The number of piperidine rings is 1. The van der Waals surface area contributed by atoms with Crippen LogP contribution in [0.3, 0.4) is 0 Å². The van der Waals surface area contributed by atoms with Gasteiger partial charge in [0, 0.05) is 30.8 Å². The Morgan fingerprint density at radius 2 is 1.95 bits per heavy atom. The van der Waals surface area contributed by atoms with Crippen LogP contribution in [-0.4, -0.2) is 43.6 Å². The van der Waals surface area contributed by atoms with E-state index in [0.717, 1.165) is 19.1 Å². The molecule has 7 heteroatoms. The number of nitrogens with zero attached hydrogens (tertiary/aromatic N) is 1. The Morgan fingerprint density at radius 3 is 2.48 bits per heavy atom. The molecule has 0 aliphatic carbocycles. The normalized spacial score (nSPS) is 16.7.